The second-order valence-electron chi connectivity index (χ2n) is 8.33. The van der Waals surface area contributed by atoms with E-state index in [0.29, 0.717) is 0 Å². The molecule has 1 aliphatic rings. The van der Waals surface area contributed by atoms with Crippen LogP contribution in [0.3, 0.4) is 0 Å². The summed E-state index contributed by atoms with van der Waals surface area (Å²) in [6.45, 7) is 16.1. The largest absolute Gasteiger partial charge is 0.543 e. The Kier molecular flexibility index (Phi) is 6.08. The summed E-state index contributed by atoms with van der Waals surface area (Å²) in [6.07, 6.45) is 2.28. The van der Waals surface area contributed by atoms with E-state index in [-0.39, 0.29) is 5.04 Å². The molecule has 0 unspecified atom stereocenters. The molecule has 1 nitrogen and oxygen atoms in total. The van der Waals surface area contributed by atoms with Gasteiger partial charge in [-0.05, 0) is 68.1 Å². The van der Waals surface area contributed by atoms with Gasteiger partial charge in [0.15, 0.2) is 0 Å². The smallest absolute Gasteiger partial charge is 0.250 e. The standard InChI is InChI=1S/C21H32OSSi/c1-16-13-14-19(20(16)22-24(6,7)21(3,4)5)17(2)15-23-18-11-9-8-10-12-18/h8-12H,13-15H2,1-7H3/b19-17+. The lowest BCUT2D eigenvalue weighted by atomic mass is 10.1. The van der Waals surface area contributed by atoms with Gasteiger partial charge in [0.05, 0.1) is 0 Å². The van der Waals surface area contributed by atoms with Crippen LogP contribution in [0.1, 0.15) is 47.5 Å². The third kappa shape index (κ3) is 4.57. The fourth-order valence-electron chi connectivity index (χ4n) is 2.56. The molecular weight excluding hydrogens is 328 g/mol. The Labute approximate surface area is 153 Å². The molecule has 0 aromatic heterocycles. The monoisotopic (exact) mass is 360 g/mol. The molecule has 0 amide bonds. The van der Waals surface area contributed by atoms with Crippen LogP contribution in [0.15, 0.2) is 57.7 Å². The summed E-state index contributed by atoms with van der Waals surface area (Å²) in [4.78, 5) is 1.34. The molecule has 0 fully saturated rings. The Morgan fingerprint density at radius 2 is 1.75 bits per heavy atom. The summed E-state index contributed by atoms with van der Waals surface area (Å²) >= 11 is 1.92. The van der Waals surface area contributed by atoms with Gasteiger partial charge in [-0.3, -0.25) is 0 Å². The molecule has 0 N–H and O–H groups in total. The summed E-state index contributed by atoms with van der Waals surface area (Å²) in [5.41, 5.74) is 4.36. The van der Waals surface area contributed by atoms with Crippen LogP contribution in [0, 0.1) is 0 Å². The number of hydrogen-bond acceptors (Lipinski definition) is 2. The highest BCUT2D eigenvalue weighted by molar-refractivity contribution is 7.99. The molecule has 0 saturated carbocycles. The van der Waals surface area contributed by atoms with Crippen LogP contribution in [0.5, 0.6) is 0 Å². The molecule has 0 heterocycles. The van der Waals surface area contributed by atoms with Crippen molar-refractivity contribution in [3.05, 3.63) is 52.8 Å². The van der Waals surface area contributed by atoms with E-state index in [2.05, 4.69) is 78.0 Å². The molecule has 132 valence electrons. The maximum Gasteiger partial charge on any atom is 0.250 e. The van der Waals surface area contributed by atoms with Gasteiger partial charge in [-0.2, -0.15) is 0 Å². The van der Waals surface area contributed by atoms with Gasteiger partial charge in [0.1, 0.15) is 5.76 Å². The number of allylic oxidation sites excluding steroid dienone is 2. The number of thioether (sulfide) groups is 1. The van der Waals surface area contributed by atoms with Crippen molar-refractivity contribution < 1.29 is 4.43 Å². The molecule has 1 aliphatic carbocycles. The second kappa shape index (κ2) is 7.53. The fourth-order valence-corrected chi connectivity index (χ4v) is 4.58. The molecule has 1 aromatic carbocycles. The Morgan fingerprint density at radius 3 is 2.33 bits per heavy atom. The van der Waals surface area contributed by atoms with E-state index in [0.717, 1.165) is 18.6 Å². The van der Waals surface area contributed by atoms with Gasteiger partial charge >= 0.3 is 0 Å². The number of hydrogen-bond donors (Lipinski definition) is 0. The molecule has 3 heteroatoms. The Morgan fingerprint density at radius 1 is 1.12 bits per heavy atom. The van der Waals surface area contributed by atoms with E-state index >= 15 is 0 Å². The zero-order chi connectivity index (χ0) is 18.0. The Balaban J connectivity index is 2.16. The first-order valence-electron chi connectivity index (χ1n) is 8.87. The van der Waals surface area contributed by atoms with E-state index in [1.807, 2.05) is 11.8 Å². The van der Waals surface area contributed by atoms with Crippen LogP contribution in [-0.2, 0) is 4.43 Å². The van der Waals surface area contributed by atoms with Gasteiger partial charge in [-0.1, -0.05) is 44.5 Å². The summed E-state index contributed by atoms with van der Waals surface area (Å²) < 4.78 is 6.71. The maximum absolute atomic E-state index is 6.71. The Bertz CT molecular complexity index is 636. The van der Waals surface area contributed by atoms with E-state index in [1.54, 1.807) is 0 Å². The van der Waals surface area contributed by atoms with E-state index in [1.165, 1.54) is 27.4 Å². The molecule has 24 heavy (non-hydrogen) atoms. The van der Waals surface area contributed by atoms with E-state index in [4.69, 9.17) is 4.43 Å². The highest BCUT2D eigenvalue weighted by Gasteiger charge is 2.40. The maximum atomic E-state index is 6.71. The van der Waals surface area contributed by atoms with Crippen LogP contribution in [0.25, 0.3) is 0 Å². The zero-order valence-electron chi connectivity index (χ0n) is 16.3. The summed E-state index contributed by atoms with van der Waals surface area (Å²) in [5.74, 6) is 2.25. The zero-order valence-corrected chi connectivity index (χ0v) is 18.1. The van der Waals surface area contributed by atoms with Crippen molar-refractivity contribution in [2.75, 3.05) is 5.75 Å². The predicted molar refractivity (Wildman–Crippen MR) is 110 cm³/mol. The molecule has 0 atom stereocenters. The highest BCUT2D eigenvalue weighted by atomic mass is 32.2. The topological polar surface area (TPSA) is 9.23 Å². The van der Waals surface area contributed by atoms with Crippen molar-refractivity contribution in [2.24, 2.45) is 0 Å². The SMILES string of the molecule is CC1=C(O[Si](C)(C)C(C)(C)C)/C(=C(\C)CSc2ccccc2)CC1. The van der Waals surface area contributed by atoms with Crippen molar-refractivity contribution in [3.63, 3.8) is 0 Å². The molecule has 0 aliphatic heterocycles. The first kappa shape index (κ1) is 19.4. The van der Waals surface area contributed by atoms with Crippen LogP contribution in [0.4, 0.5) is 0 Å². The van der Waals surface area contributed by atoms with E-state index < -0.39 is 8.32 Å². The van der Waals surface area contributed by atoms with Crippen molar-refractivity contribution in [1.29, 1.82) is 0 Å². The van der Waals surface area contributed by atoms with Gasteiger partial charge in [0.25, 0.3) is 0 Å². The molecule has 0 bridgehead atoms. The minimum atomic E-state index is -1.79. The van der Waals surface area contributed by atoms with Crippen molar-refractivity contribution >= 4 is 20.1 Å². The van der Waals surface area contributed by atoms with Gasteiger partial charge < -0.3 is 4.43 Å². The van der Waals surface area contributed by atoms with E-state index in [9.17, 15) is 0 Å². The first-order valence-corrected chi connectivity index (χ1v) is 12.8. The van der Waals surface area contributed by atoms with Crippen molar-refractivity contribution in [1.82, 2.24) is 0 Å². The average molecular weight is 361 g/mol. The average Bonchev–Trinajstić information content (AvgIpc) is 2.85. The van der Waals surface area contributed by atoms with Gasteiger partial charge in [0, 0.05) is 10.6 Å². The minimum Gasteiger partial charge on any atom is -0.543 e. The van der Waals surface area contributed by atoms with Gasteiger partial charge in [-0.25, -0.2) is 0 Å². The lowest BCUT2D eigenvalue weighted by Crippen LogP contribution is -2.40. The van der Waals surface area contributed by atoms with Crippen LogP contribution in [-0.4, -0.2) is 14.1 Å². The minimum absolute atomic E-state index is 0.237. The quantitative estimate of drug-likeness (QED) is 0.406. The molecule has 0 radical (unpaired) electrons. The van der Waals surface area contributed by atoms with Gasteiger partial charge in [0.2, 0.25) is 8.32 Å². The second-order valence-corrected chi connectivity index (χ2v) is 14.1. The third-order valence-electron chi connectivity index (χ3n) is 5.29. The molecular formula is C21H32OSSi. The lowest BCUT2D eigenvalue weighted by Gasteiger charge is -2.37. The fraction of sp³-hybridized carbons (Fsp3) is 0.524. The molecule has 0 saturated heterocycles. The predicted octanol–water partition coefficient (Wildman–Crippen LogP) is 7.18. The lowest BCUT2D eigenvalue weighted by molar-refractivity contribution is 0.391. The Hall–Kier alpha value is -0.933. The summed E-state index contributed by atoms with van der Waals surface area (Å²) in [7, 11) is -1.79. The van der Waals surface area contributed by atoms with Crippen molar-refractivity contribution in [3.8, 4) is 0 Å². The van der Waals surface area contributed by atoms with Crippen molar-refractivity contribution in [2.45, 2.75) is 70.5 Å². The number of rotatable bonds is 5. The third-order valence-corrected chi connectivity index (χ3v) is 10.8. The molecule has 1 aromatic rings. The van der Waals surface area contributed by atoms with Crippen LogP contribution >= 0.6 is 11.8 Å². The van der Waals surface area contributed by atoms with Gasteiger partial charge in [-0.15, -0.1) is 11.8 Å². The number of benzene rings is 1. The summed E-state index contributed by atoms with van der Waals surface area (Å²) in [5, 5.41) is 0.237. The van der Waals surface area contributed by atoms with Crippen LogP contribution in [0.2, 0.25) is 18.1 Å². The highest BCUT2D eigenvalue weighted by Crippen LogP contribution is 2.43. The summed E-state index contributed by atoms with van der Waals surface area (Å²) in [6, 6.07) is 10.7. The first-order chi connectivity index (χ1) is 11.1. The normalized spacial score (nSPS) is 18.1. The molecule has 0 spiro atoms. The molecule has 2 rings (SSSR count). The van der Waals surface area contributed by atoms with Crippen LogP contribution < -0.4 is 0 Å².